The smallest absolute Gasteiger partial charge is 0.260 e. The predicted octanol–water partition coefficient (Wildman–Crippen LogP) is 2.30. The van der Waals surface area contributed by atoms with Crippen molar-refractivity contribution < 1.29 is 4.79 Å². The molecule has 2 aromatic rings. The molecular formula is C16H17N3O. The molecule has 0 radical (unpaired) electrons. The van der Waals surface area contributed by atoms with Crippen molar-refractivity contribution in [3.8, 4) is 0 Å². The Hall–Kier alpha value is -2.36. The van der Waals surface area contributed by atoms with Crippen LogP contribution >= 0.6 is 0 Å². The van der Waals surface area contributed by atoms with Gasteiger partial charge < -0.3 is 4.57 Å². The lowest BCUT2D eigenvalue weighted by Gasteiger charge is -2.09. The number of amides is 1. The van der Waals surface area contributed by atoms with E-state index in [2.05, 4.69) is 28.9 Å². The standard InChI is InChI=1S/C16H17N3O/c1-10-11(2)16-15(13-7-5-4-6-8-13)18-17-14(20)9-19(16)12(10)3/h4-8H,9H2,1-3H3,(H,17,20). The highest BCUT2D eigenvalue weighted by Gasteiger charge is 2.24. The SMILES string of the molecule is Cc1c(C)c2n(c1C)CC(=O)NN=C2c1ccccc1. The highest BCUT2D eigenvalue weighted by molar-refractivity contribution is 6.14. The van der Waals surface area contributed by atoms with Crippen molar-refractivity contribution in [1.82, 2.24) is 9.99 Å². The van der Waals surface area contributed by atoms with Gasteiger partial charge in [-0.1, -0.05) is 30.3 Å². The van der Waals surface area contributed by atoms with E-state index < -0.39 is 0 Å². The normalized spacial score (nSPS) is 14.3. The van der Waals surface area contributed by atoms with E-state index >= 15 is 0 Å². The molecule has 1 aromatic carbocycles. The maximum absolute atomic E-state index is 11.9. The van der Waals surface area contributed by atoms with Crippen LogP contribution in [0.5, 0.6) is 0 Å². The maximum Gasteiger partial charge on any atom is 0.260 e. The van der Waals surface area contributed by atoms with Crippen LogP contribution in [0.25, 0.3) is 0 Å². The third kappa shape index (κ3) is 1.84. The third-order valence-electron chi connectivity index (χ3n) is 4.00. The van der Waals surface area contributed by atoms with Gasteiger partial charge in [0.25, 0.3) is 5.91 Å². The van der Waals surface area contributed by atoms with E-state index in [0.29, 0.717) is 6.54 Å². The van der Waals surface area contributed by atoms with E-state index in [9.17, 15) is 4.79 Å². The molecule has 0 aliphatic carbocycles. The third-order valence-corrected chi connectivity index (χ3v) is 4.00. The zero-order chi connectivity index (χ0) is 14.3. The van der Waals surface area contributed by atoms with E-state index in [0.717, 1.165) is 22.7 Å². The van der Waals surface area contributed by atoms with Gasteiger partial charge in [0.15, 0.2) is 0 Å². The molecule has 0 atom stereocenters. The molecule has 1 aromatic heterocycles. The van der Waals surface area contributed by atoms with Crippen molar-refractivity contribution in [2.45, 2.75) is 27.3 Å². The van der Waals surface area contributed by atoms with Gasteiger partial charge in [0.2, 0.25) is 0 Å². The van der Waals surface area contributed by atoms with Crippen LogP contribution in [-0.4, -0.2) is 16.2 Å². The highest BCUT2D eigenvalue weighted by atomic mass is 16.2. The summed E-state index contributed by atoms with van der Waals surface area (Å²) < 4.78 is 2.05. The molecule has 0 spiro atoms. The van der Waals surface area contributed by atoms with Gasteiger partial charge in [0, 0.05) is 11.3 Å². The number of hydrogen-bond donors (Lipinski definition) is 1. The van der Waals surface area contributed by atoms with Gasteiger partial charge in [-0.3, -0.25) is 4.79 Å². The molecule has 3 rings (SSSR count). The lowest BCUT2D eigenvalue weighted by molar-refractivity contribution is -0.121. The summed E-state index contributed by atoms with van der Waals surface area (Å²) in [6.07, 6.45) is 0. The number of carbonyl (C=O) groups excluding carboxylic acids is 1. The Morgan fingerprint density at radius 3 is 2.50 bits per heavy atom. The van der Waals surface area contributed by atoms with Crippen molar-refractivity contribution in [2.24, 2.45) is 5.10 Å². The molecule has 1 N–H and O–H groups in total. The average Bonchev–Trinajstić information content (AvgIpc) is 2.62. The molecular weight excluding hydrogens is 250 g/mol. The predicted molar refractivity (Wildman–Crippen MR) is 78.9 cm³/mol. The van der Waals surface area contributed by atoms with Crippen LogP contribution in [0.2, 0.25) is 0 Å². The second-order valence-corrected chi connectivity index (χ2v) is 5.13. The molecule has 0 unspecified atom stereocenters. The lowest BCUT2D eigenvalue weighted by Crippen LogP contribution is -2.21. The fourth-order valence-electron chi connectivity index (χ4n) is 2.67. The first kappa shape index (κ1) is 12.7. The zero-order valence-corrected chi connectivity index (χ0v) is 11.9. The number of fused-ring (bicyclic) bond motifs is 1. The molecule has 0 bridgehead atoms. The number of rotatable bonds is 1. The monoisotopic (exact) mass is 267 g/mol. The molecule has 2 heterocycles. The van der Waals surface area contributed by atoms with Gasteiger partial charge in [-0.05, 0) is 31.9 Å². The van der Waals surface area contributed by atoms with Crippen LogP contribution in [0, 0.1) is 20.8 Å². The molecule has 1 aliphatic rings. The van der Waals surface area contributed by atoms with Gasteiger partial charge >= 0.3 is 0 Å². The largest absolute Gasteiger partial charge is 0.334 e. The van der Waals surface area contributed by atoms with Gasteiger partial charge in [-0.25, -0.2) is 5.43 Å². The Bertz CT molecular complexity index is 711. The maximum atomic E-state index is 11.9. The first-order valence-electron chi connectivity index (χ1n) is 6.68. The van der Waals surface area contributed by atoms with Crippen LogP contribution in [-0.2, 0) is 11.3 Å². The topological polar surface area (TPSA) is 46.4 Å². The minimum atomic E-state index is -0.0877. The number of aromatic nitrogens is 1. The van der Waals surface area contributed by atoms with E-state index in [1.807, 2.05) is 37.3 Å². The Morgan fingerprint density at radius 2 is 1.80 bits per heavy atom. The minimum Gasteiger partial charge on any atom is -0.334 e. The van der Waals surface area contributed by atoms with Crippen molar-refractivity contribution in [3.05, 3.63) is 58.4 Å². The quantitative estimate of drug-likeness (QED) is 0.846. The Kier molecular flexibility index (Phi) is 2.93. The minimum absolute atomic E-state index is 0.0877. The number of hydrazone groups is 1. The van der Waals surface area contributed by atoms with Crippen molar-refractivity contribution in [2.75, 3.05) is 0 Å². The summed E-state index contributed by atoms with van der Waals surface area (Å²) in [5.41, 5.74) is 9.02. The van der Waals surface area contributed by atoms with E-state index in [4.69, 9.17) is 0 Å². The first-order chi connectivity index (χ1) is 9.59. The number of carbonyl (C=O) groups is 1. The Morgan fingerprint density at radius 1 is 1.10 bits per heavy atom. The van der Waals surface area contributed by atoms with Gasteiger partial charge in [-0.2, -0.15) is 5.10 Å². The molecule has 0 fully saturated rings. The van der Waals surface area contributed by atoms with Crippen LogP contribution < -0.4 is 5.43 Å². The van der Waals surface area contributed by atoms with E-state index in [1.165, 1.54) is 11.1 Å². The summed E-state index contributed by atoms with van der Waals surface area (Å²) >= 11 is 0. The lowest BCUT2D eigenvalue weighted by atomic mass is 10.0. The summed E-state index contributed by atoms with van der Waals surface area (Å²) in [6.45, 7) is 6.54. The molecule has 102 valence electrons. The van der Waals surface area contributed by atoms with Crippen molar-refractivity contribution in [1.29, 1.82) is 0 Å². The Balaban J connectivity index is 2.28. The van der Waals surface area contributed by atoms with E-state index in [-0.39, 0.29) is 5.91 Å². The first-order valence-corrected chi connectivity index (χ1v) is 6.68. The van der Waals surface area contributed by atoms with Crippen molar-refractivity contribution in [3.63, 3.8) is 0 Å². The van der Waals surface area contributed by atoms with Crippen LogP contribution in [0.4, 0.5) is 0 Å². The summed E-state index contributed by atoms with van der Waals surface area (Å²) in [4.78, 5) is 11.9. The summed E-state index contributed by atoms with van der Waals surface area (Å²) in [6, 6.07) is 9.96. The molecule has 0 saturated heterocycles. The molecule has 0 saturated carbocycles. The van der Waals surface area contributed by atoms with Crippen LogP contribution in [0.1, 0.15) is 28.1 Å². The second-order valence-electron chi connectivity index (χ2n) is 5.13. The fourth-order valence-corrected chi connectivity index (χ4v) is 2.67. The van der Waals surface area contributed by atoms with Crippen molar-refractivity contribution >= 4 is 11.6 Å². The van der Waals surface area contributed by atoms with E-state index in [1.54, 1.807) is 0 Å². The van der Waals surface area contributed by atoms with Gasteiger partial charge in [0.05, 0.1) is 5.69 Å². The summed E-state index contributed by atoms with van der Waals surface area (Å²) in [5.74, 6) is -0.0877. The molecule has 20 heavy (non-hydrogen) atoms. The van der Waals surface area contributed by atoms with Crippen LogP contribution in [0.3, 0.4) is 0 Å². The fraction of sp³-hybridized carbons (Fsp3) is 0.250. The average molecular weight is 267 g/mol. The number of nitrogens with one attached hydrogen (secondary N) is 1. The molecule has 1 amide bonds. The second kappa shape index (κ2) is 4.63. The molecule has 4 nitrogen and oxygen atoms in total. The number of nitrogens with zero attached hydrogens (tertiary/aromatic N) is 2. The van der Waals surface area contributed by atoms with Gasteiger partial charge in [-0.15, -0.1) is 0 Å². The van der Waals surface area contributed by atoms with Crippen LogP contribution in [0.15, 0.2) is 35.4 Å². The van der Waals surface area contributed by atoms with Gasteiger partial charge in [0.1, 0.15) is 12.3 Å². The molecule has 4 heteroatoms. The zero-order valence-electron chi connectivity index (χ0n) is 11.9. The Labute approximate surface area is 118 Å². The number of benzene rings is 1. The highest BCUT2D eigenvalue weighted by Crippen LogP contribution is 2.25. The summed E-state index contributed by atoms with van der Waals surface area (Å²) in [7, 11) is 0. The summed E-state index contributed by atoms with van der Waals surface area (Å²) in [5, 5.41) is 4.33. The number of hydrogen-bond acceptors (Lipinski definition) is 2. The molecule has 1 aliphatic heterocycles.